The molecule has 1 aliphatic rings. The number of hydrogen-bond acceptors (Lipinski definition) is 5. The fourth-order valence-corrected chi connectivity index (χ4v) is 3.82. The maximum atomic E-state index is 12.6. The van der Waals surface area contributed by atoms with E-state index in [1.807, 2.05) is 24.3 Å². The normalized spacial score (nSPS) is 14.9. The molecule has 0 unspecified atom stereocenters. The first-order chi connectivity index (χ1) is 13.6. The first-order valence-electron chi connectivity index (χ1n) is 8.98. The van der Waals surface area contributed by atoms with Gasteiger partial charge in [0.25, 0.3) is 0 Å². The summed E-state index contributed by atoms with van der Waals surface area (Å²) >= 11 is 12.0. The molecule has 1 amide bonds. The van der Waals surface area contributed by atoms with Crippen molar-refractivity contribution in [1.82, 2.24) is 10.2 Å². The van der Waals surface area contributed by atoms with Crippen molar-refractivity contribution >= 4 is 40.6 Å². The van der Waals surface area contributed by atoms with Gasteiger partial charge in [0.05, 0.1) is 6.26 Å². The van der Waals surface area contributed by atoms with Crippen molar-refractivity contribution < 1.29 is 9.21 Å². The average Bonchev–Trinajstić information content (AvgIpc) is 3.22. The van der Waals surface area contributed by atoms with E-state index in [4.69, 9.17) is 27.6 Å². The van der Waals surface area contributed by atoms with Gasteiger partial charge in [0.1, 0.15) is 5.69 Å². The second kappa shape index (κ2) is 8.20. The van der Waals surface area contributed by atoms with Crippen LogP contribution in [-0.2, 0) is 4.79 Å². The molecule has 2 aromatic heterocycles. The van der Waals surface area contributed by atoms with Gasteiger partial charge in [-0.3, -0.25) is 4.79 Å². The lowest BCUT2D eigenvalue weighted by atomic mass is 9.96. The Morgan fingerprint density at radius 3 is 2.43 bits per heavy atom. The molecule has 0 bridgehead atoms. The van der Waals surface area contributed by atoms with E-state index < -0.39 is 0 Å². The average molecular weight is 417 g/mol. The SMILES string of the molecule is O=C(Nc1cc(Cl)cc(Cl)c1)C1CCN(c2ccc(-c3ccco3)nn2)CC1. The Hall–Kier alpha value is -2.57. The number of aromatic nitrogens is 2. The van der Waals surface area contributed by atoms with Gasteiger partial charge in [0, 0.05) is 34.7 Å². The molecule has 0 aliphatic carbocycles. The number of amides is 1. The molecule has 3 aromatic rings. The molecule has 8 heteroatoms. The van der Waals surface area contributed by atoms with E-state index in [-0.39, 0.29) is 11.8 Å². The van der Waals surface area contributed by atoms with Gasteiger partial charge in [0.2, 0.25) is 5.91 Å². The summed E-state index contributed by atoms with van der Waals surface area (Å²) in [7, 11) is 0. The largest absolute Gasteiger partial charge is 0.463 e. The monoisotopic (exact) mass is 416 g/mol. The van der Waals surface area contributed by atoms with Crippen LogP contribution in [0.1, 0.15) is 12.8 Å². The molecule has 1 saturated heterocycles. The summed E-state index contributed by atoms with van der Waals surface area (Å²) in [4.78, 5) is 14.7. The third-order valence-corrected chi connectivity index (χ3v) is 5.18. The summed E-state index contributed by atoms with van der Waals surface area (Å²) in [6, 6.07) is 12.5. The number of halogens is 2. The van der Waals surface area contributed by atoms with E-state index in [1.54, 1.807) is 24.5 Å². The first kappa shape index (κ1) is 18.8. The molecule has 144 valence electrons. The number of carbonyl (C=O) groups excluding carboxylic acids is 1. The molecule has 4 rings (SSSR count). The van der Waals surface area contributed by atoms with E-state index in [0.29, 0.717) is 27.2 Å². The van der Waals surface area contributed by atoms with Crippen molar-refractivity contribution in [3.63, 3.8) is 0 Å². The number of nitrogens with one attached hydrogen (secondary N) is 1. The lowest BCUT2D eigenvalue weighted by Gasteiger charge is -2.31. The van der Waals surface area contributed by atoms with Crippen molar-refractivity contribution in [2.45, 2.75) is 12.8 Å². The summed E-state index contributed by atoms with van der Waals surface area (Å²) in [5.74, 6) is 1.41. The lowest BCUT2D eigenvalue weighted by molar-refractivity contribution is -0.120. The molecule has 1 fully saturated rings. The molecule has 6 nitrogen and oxygen atoms in total. The third-order valence-electron chi connectivity index (χ3n) is 4.74. The van der Waals surface area contributed by atoms with E-state index in [9.17, 15) is 4.79 Å². The molecule has 0 atom stereocenters. The van der Waals surface area contributed by atoms with Crippen LogP contribution in [-0.4, -0.2) is 29.2 Å². The highest BCUT2D eigenvalue weighted by atomic mass is 35.5. The Morgan fingerprint density at radius 2 is 1.82 bits per heavy atom. The van der Waals surface area contributed by atoms with Crippen molar-refractivity contribution in [2.75, 3.05) is 23.3 Å². The van der Waals surface area contributed by atoms with Crippen LogP contribution < -0.4 is 10.2 Å². The van der Waals surface area contributed by atoms with Gasteiger partial charge >= 0.3 is 0 Å². The fraction of sp³-hybridized carbons (Fsp3) is 0.250. The van der Waals surface area contributed by atoms with Crippen LogP contribution in [0.25, 0.3) is 11.5 Å². The summed E-state index contributed by atoms with van der Waals surface area (Å²) in [5, 5.41) is 12.4. The number of rotatable bonds is 4. The Balaban J connectivity index is 1.34. The van der Waals surface area contributed by atoms with Crippen LogP contribution in [0.15, 0.2) is 53.1 Å². The smallest absolute Gasteiger partial charge is 0.227 e. The molecule has 1 N–H and O–H groups in total. The Bertz CT molecular complexity index is 933. The predicted molar refractivity (Wildman–Crippen MR) is 110 cm³/mol. The first-order valence-corrected chi connectivity index (χ1v) is 9.73. The van der Waals surface area contributed by atoms with Gasteiger partial charge in [-0.05, 0) is 55.3 Å². The second-order valence-corrected chi connectivity index (χ2v) is 7.54. The second-order valence-electron chi connectivity index (χ2n) is 6.66. The van der Waals surface area contributed by atoms with Crippen LogP contribution in [0.3, 0.4) is 0 Å². The number of piperidine rings is 1. The Kier molecular flexibility index (Phi) is 5.50. The third kappa shape index (κ3) is 4.29. The minimum atomic E-state index is -0.0654. The maximum Gasteiger partial charge on any atom is 0.227 e. The van der Waals surface area contributed by atoms with Crippen LogP contribution in [0.5, 0.6) is 0 Å². The summed E-state index contributed by atoms with van der Waals surface area (Å²) in [5.41, 5.74) is 1.31. The summed E-state index contributed by atoms with van der Waals surface area (Å²) < 4.78 is 5.33. The number of carbonyl (C=O) groups is 1. The van der Waals surface area contributed by atoms with Gasteiger partial charge in [-0.2, -0.15) is 0 Å². The molecule has 28 heavy (non-hydrogen) atoms. The Labute approximate surface area is 172 Å². The maximum absolute atomic E-state index is 12.6. The highest BCUT2D eigenvalue weighted by molar-refractivity contribution is 6.35. The predicted octanol–water partition coefficient (Wildman–Crippen LogP) is 4.90. The van der Waals surface area contributed by atoms with Gasteiger partial charge in [-0.1, -0.05) is 23.2 Å². The van der Waals surface area contributed by atoms with E-state index in [1.165, 1.54) is 0 Å². The molecule has 1 aromatic carbocycles. The van der Waals surface area contributed by atoms with Crippen LogP contribution in [0.2, 0.25) is 10.0 Å². The molecule has 0 radical (unpaired) electrons. The molecule has 0 spiro atoms. The van der Waals surface area contributed by atoms with Gasteiger partial charge in [0.15, 0.2) is 11.6 Å². The van der Waals surface area contributed by atoms with Crippen molar-refractivity contribution in [3.8, 4) is 11.5 Å². The summed E-state index contributed by atoms with van der Waals surface area (Å²) in [6.07, 6.45) is 3.08. The van der Waals surface area contributed by atoms with Crippen molar-refractivity contribution in [2.24, 2.45) is 5.92 Å². The van der Waals surface area contributed by atoms with Crippen LogP contribution in [0, 0.1) is 5.92 Å². The number of furan rings is 1. The number of hydrogen-bond donors (Lipinski definition) is 1. The molecular weight excluding hydrogens is 399 g/mol. The van der Waals surface area contributed by atoms with Gasteiger partial charge < -0.3 is 14.6 Å². The number of nitrogens with zero attached hydrogens (tertiary/aromatic N) is 3. The van der Waals surface area contributed by atoms with Crippen molar-refractivity contribution in [3.05, 3.63) is 58.8 Å². The lowest BCUT2D eigenvalue weighted by Crippen LogP contribution is -2.38. The zero-order valence-electron chi connectivity index (χ0n) is 14.9. The van der Waals surface area contributed by atoms with Crippen LogP contribution >= 0.6 is 23.2 Å². The minimum absolute atomic E-state index is 0.0164. The molecule has 3 heterocycles. The van der Waals surface area contributed by atoms with E-state index in [2.05, 4.69) is 20.4 Å². The minimum Gasteiger partial charge on any atom is -0.463 e. The zero-order valence-corrected chi connectivity index (χ0v) is 16.5. The number of anilines is 2. The fourth-order valence-electron chi connectivity index (χ4n) is 3.29. The highest BCUT2D eigenvalue weighted by Gasteiger charge is 2.26. The van der Waals surface area contributed by atoms with E-state index >= 15 is 0 Å². The standard InChI is InChI=1S/C20H18Cl2N4O2/c21-14-10-15(22)12-16(11-14)23-20(27)13-5-7-26(8-6-13)19-4-3-17(24-25-19)18-2-1-9-28-18/h1-4,9-13H,5-8H2,(H,23,27). The zero-order chi connectivity index (χ0) is 19.5. The Morgan fingerprint density at radius 1 is 1.07 bits per heavy atom. The molecule has 1 aliphatic heterocycles. The quantitative estimate of drug-likeness (QED) is 0.654. The van der Waals surface area contributed by atoms with E-state index in [0.717, 1.165) is 31.7 Å². The molecule has 0 saturated carbocycles. The van der Waals surface area contributed by atoms with Gasteiger partial charge in [-0.15, -0.1) is 10.2 Å². The topological polar surface area (TPSA) is 71.3 Å². The van der Waals surface area contributed by atoms with Gasteiger partial charge in [-0.25, -0.2) is 0 Å². The highest BCUT2D eigenvalue weighted by Crippen LogP contribution is 2.26. The number of benzene rings is 1. The molecular formula is C20H18Cl2N4O2. The van der Waals surface area contributed by atoms with Crippen LogP contribution in [0.4, 0.5) is 11.5 Å². The summed E-state index contributed by atoms with van der Waals surface area (Å²) in [6.45, 7) is 1.48. The van der Waals surface area contributed by atoms with Crippen molar-refractivity contribution in [1.29, 1.82) is 0 Å².